The van der Waals surface area contributed by atoms with Crippen molar-refractivity contribution >= 4 is 0 Å². The van der Waals surface area contributed by atoms with Gasteiger partial charge in [0.25, 0.3) is 5.85 Å². The smallest absolute Gasteiger partial charge is 0.251 e. The molecule has 30 heavy (non-hydrogen) atoms. The van der Waals surface area contributed by atoms with Crippen LogP contribution >= 0.6 is 0 Å². The van der Waals surface area contributed by atoms with Crippen LogP contribution in [0.15, 0.2) is 0 Å². The highest BCUT2D eigenvalue weighted by molar-refractivity contribution is 5.20. The molecule has 0 N–H and O–H groups in total. The Morgan fingerprint density at radius 3 is 1.50 bits per heavy atom. The van der Waals surface area contributed by atoms with Gasteiger partial charge in [-0.25, -0.2) is 8.78 Å². The van der Waals surface area contributed by atoms with Crippen LogP contribution in [0, 0.1) is 5.92 Å². The van der Waals surface area contributed by atoms with Crippen LogP contribution in [0.2, 0.25) is 0 Å². The topological polar surface area (TPSA) is 9.23 Å². The molecule has 0 amide bonds. The van der Waals surface area contributed by atoms with Crippen LogP contribution in [0.4, 0.5) is 70.2 Å². The molecule has 1 nitrogen and oxygen atoms in total. The van der Waals surface area contributed by atoms with E-state index >= 15 is 0 Å². The highest BCUT2D eigenvalue weighted by atomic mass is 19.4. The van der Waals surface area contributed by atoms with E-state index in [9.17, 15) is 70.2 Å². The molecule has 1 aliphatic carbocycles. The third-order valence-electron chi connectivity index (χ3n) is 4.69. The van der Waals surface area contributed by atoms with Gasteiger partial charge in [-0.2, -0.15) is 48.3 Å². The first kappa shape index (κ1) is 26.9. The number of halogens is 16. The second-order valence-electron chi connectivity index (χ2n) is 6.43. The van der Waals surface area contributed by atoms with Crippen molar-refractivity contribution < 1.29 is 75.0 Å². The molecule has 0 spiro atoms. The lowest BCUT2D eigenvalue weighted by Gasteiger charge is -2.46. The van der Waals surface area contributed by atoms with Crippen LogP contribution in [-0.4, -0.2) is 47.8 Å². The largest absolute Gasteiger partial charge is 0.525 e. The van der Waals surface area contributed by atoms with E-state index in [2.05, 4.69) is 4.74 Å². The Morgan fingerprint density at radius 1 is 0.733 bits per heavy atom. The third-order valence-corrected chi connectivity index (χ3v) is 4.69. The second kappa shape index (κ2) is 6.92. The molecule has 17 heteroatoms. The Labute approximate surface area is 156 Å². The lowest BCUT2D eigenvalue weighted by atomic mass is 9.77. The predicted molar refractivity (Wildman–Crippen MR) is 63.7 cm³/mol. The summed E-state index contributed by atoms with van der Waals surface area (Å²) in [6.07, 6.45) is -18.7. The summed E-state index contributed by atoms with van der Waals surface area (Å²) in [5, 5.41) is 0. The average molecular weight is 486 g/mol. The molecule has 0 aromatic rings. The SMILES string of the molecule is CCC1CCC(F)(OC(F)(F)F)C1(F)C(F)(F)C(F)(F)C(F)(F)C(F)(F)C(F)(F)F. The van der Waals surface area contributed by atoms with Gasteiger partial charge >= 0.3 is 36.2 Å². The predicted octanol–water partition coefficient (Wildman–Crippen LogP) is 6.82. The summed E-state index contributed by atoms with van der Waals surface area (Å²) >= 11 is 0. The van der Waals surface area contributed by atoms with Gasteiger partial charge in [-0.15, -0.1) is 13.2 Å². The zero-order valence-corrected chi connectivity index (χ0v) is 14.2. The number of rotatable bonds is 6. The maximum atomic E-state index is 15.0. The molecule has 0 aliphatic heterocycles. The summed E-state index contributed by atoms with van der Waals surface area (Å²) in [6.45, 7) is 0.606. The molecule has 1 fully saturated rings. The molecular weight excluding hydrogens is 476 g/mol. The summed E-state index contributed by atoms with van der Waals surface area (Å²) in [4.78, 5) is 0. The van der Waals surface area contributed by atoms with Crippen molar-refractivity contribution in [2.45, 2.75) is 73.9 Å². The van der Waals surface area contributed by atoms with Gasteiger partial charge in [0.15, 0.2) is 0 Å². The molecule has 1 rings (SSSR count). The van der Waals surface area contributed by atoms with Crippen LogP contribution in [0.25, 0.3) is 0 Å². The van der Waals surface area contributed by atoms with Gasteiger partial charge in [0.1, 0.15) is 0 Å². The van der Waals surface area contributed by atoms with Crippen molar-refractivity contribution in [2.75, 3.05) is 0 Å². The first-order chi connectivity index (χ1) is 12.9. The van der Waals surface area contributed by atoms with Crippen molar-refractivity contribution in [2.24, 2.45) is 5.92 Å². The maximum Gasteiger partial charge on any atom is 0.525 e. The van der Waals surface area contributed by atoms with E-state index in [0.29, 0.717) is 6.92 Å². The lowest BCUT2D eigenvalue weighted by molar-refractivity contribution is -0.464. The quantitative estimate of drug-likeness (QED) is 0.375. The number of hydrogen-bond acceptors (Lipinski definition) is 1. The monoisotopic (exact) mass is 486 g/mol. The molecule has 0 bridgehead atoms. The van der Waals surface area contributed by atoms with Crippen LogP contribution in [0.1, 0.15) is 26.2 Å². The summed E-state index contributed by atoms with van der Waals surface area (Å²) in [5.41, 5.74) is -6.07. The van der Waals surface area contributed by atoms with Crippen molar-refractivity contribution in [1.82, 2.24) is 0 Å². The molecule has 1 aliphatic rings. The van der Waals surface area contributed by atoms with E-state index in [1.165, 1.54) is 0 Å². The highest BCUT2D eigenvalue weighted by Gasteiger charge is 2.93. The van der Waals surface area contributed by atoms with Crippen LogP contribution in [0.5, 0.6) is 0 Å². The standard InChI is InChI=1S/C13H10F16O/c1-2-5-3-4-6(14,30-13(27,28)29)7(5,15)8(16,17)9(18,19)10(20,21)11(22,23)12(24,25)26/h5H,2-4H2,1H3. The van der Waals surface area contributed by atoms with Gasteiger partial charge in [-0.1, -0.05) is 6.92 Å². The molecule has 180 valence electrons. The minimum Gasteiger partial charge on any atom is -0.251 e. The Hall–Kier alpha value is -1.16. The second-order valence-corrected chi connectivity index (χ2v) is 6.43. The Balaban J connectivity index is 3.75. The first-order valence-electron chi connectivity index (χ1n) is 7.60. The fraction of sp³-hybridized carbons (Fsp3) is 1.00. The summed E-state index contributed by atoms with van der Waals surface area (Å²) in [7, 11) is 0. The van der Waals surface area contributed by atoms with E-state index in [1.54, 1.807) is 0 Å². The van der Waals surface area contributed by atoms with Gasteiger partial charge in [0, 0.05) is 12.3 Å². The van der Waals surface area contributed by atoms with E-state index in [-0.39, 0.29) is 0 Å². The van der Waals surface area contributed by atoms with E-state index in [1.807, 2.05) is 0 Å². The van der Waals surface area contributed by atoms with E-state index in [0.717, 1.165) is 0 Å². The Morgan fingerprint density at radius 2 is 1.17 bits per heavy atom. The Kier molecular flexibility index (Phi) is 6.20. The van der Waals surface area contributed by atoms with Crippen molar-refractivity contribution in [1.29, 1.82) is 0 Å². The molecule has 0 radical (unpaired) electrons. The van der Waals surface area contributed by atoms with E-state index in [4.69, 9.17) is 0 Å². The van der Waals surface area contributed by atoms with Gasteiger partial charge < -0.3 is 0 Å². The molecule has 0 saturated heterocycles. The van der Waals surface area contributed by atoms with Crippen LogP contribution in [0.3, 0.4) is 0 Å². The van der Waals surface area contributed by atoms with Crippen LogP contribution < -0.4 is 0 Å². The molecule has 3 unspecified atom stereocenters. The van der Waals surface area contributed by atoms with Gasteiger partial charge in [-0.05, 0) is 12.8 Å². The summed E-state index contributed by atoms with van der Waals surface area (Å²) < 4.78 is 214. The van der Waals surface area contributed by atoms with E-state index < -0.39 is 72.9 Å². The van der Waals surface area contributed by atoms with Crippen molar-refractivity contribution in [3.63, 3.8) is 0 Å². The summed E-state index contributed by atoms with van der Waals surface area (Å²) in [6, 6.07) is 0. The number of ether oxygens (including phenoxy) is 1. The minimum absolute atomic E-state index is 0.606. The molecular formula is C13H10F16O. The molecule has 0 aromatic carbocycles. The van der Waals surface area contributed by atoms with Crippen LogP contribution in [-0.2, 0) is 4.74 Å². The fourth-order valence-corrected chi connectivity index (χ4v) is 3.13. The fourth-order valence-electron chi connectivity index (χ4n) is 3.13. The number of hydrogen-bond donors (Lipinski definition) is 0. The normalized spacial score (nSPS) is 30.1. The number of alkyl halides is 16. The van der Waals surface area contributed by atoms with Gasteiger partial charge in [0.05, 0.1) is 0 Å². The third kappa shape index (κ3) is 3.38. The molecule has 3 atom stereocenters. The van der Waals surface area contributed by atoms with Gasteiger partial charge in [0.2, 0.25) is 5.67 Å². The zero-order valence-electron chi connectivity index (χ0n) is 14.2. The minimum atomic E-state index is -8.11. The summed E-state index contributed by atoms with van der Waals surface area (Å²) in [5.74, 6) is -40.1. The first-order valence-corrected chi connectivity index (χ1v) is 7.60. The van der Waals surface area contributed by atoms with Crippen molar-refractivity contribution in [3.8, 4) is 0 Å². The zero-order chi connectivity index (χ0) is 24.4. The molecule has 0 heterocycles. The maximum absolute atomic E-state index is 15.0. The Bertz CT molecular complexity index is 636. The average Bonchev–Trinajstić information content (AvgIpc) is 2.76. The van der Waals surface area contributed by atoms with Crippen molar-refractivity contribution in [3.05, 3.63) is 0 Å². The highest BCUT2D eigenvalue weighted by Crippen LogP contribution is 2.67. The van der Waals surface area contributed by atoms with Gasteiger partial charge in [-0.3, -0.25) is 4.74 Å². The lowest BCUT2D eigenvalue weighted by Crippen LogP contribution is -2.75. The molecule has 0 aromatic heterocycles. The molecule has 1 saturated carbocycles.